The molecule has 2 atom stereocenters. The summed E-state index contributed by atoms with van der Waals surface area (Å²) in [5.41, 5.74) is 17.9. The summed E-state index contributed by atoms with van der Waals surface area (Å²) in [5.74, 6) is 0. The van der Waals surface area contributed by atoms with Gasteiger partial charge in [0.2, 0.25) is 0 Å². The Balaban J connectivity index is 0.00000144. The van der Waals surface area contributed by atoms with E-state index in [-0.39, 0.29) is 26.9 Å². The third kappa shape index (κ3) is 4.02. The van der Waals surface area contributed by atoms with Gasteiger partial charge in [-0.2, -0.15) is 0 Å². The number of rotatable bonds is 3. The van der Waals surface area contributed by atoms with Crippen LogP contribution < -0.4 is 0 Å². The van der Waals surface area contributed by atoms with E-state index in [0.717, 1.165) is 11.1 Å². The summed E-state index contributed by atoms with van der Waals surface area (Å²) in [7, 11) is 0. The number of benzene rings is 2. The van der Waals surface area contributed by atoms with Crippen molar-refractivity contribution in [3.8, 4) is 0 Å². The molecule has 2 N–H and O–H groups in total. The molecule has 0 fully saturated rings. The maximum atomic E-state index is 8.07. The molecule has 0 aliphatic carbocycles. The molecule has 1 radical (unpaired) electrons. The van der Waals surface area contributed by atoms with Gasteiger partial charge in [0, 0.05) is 0 Å². The summed E-state index contributed by atoms with van der Waals surface area (Å²) in [4.78, 5) is 0. The molecule has 0 aliphatic heterocycles. The summed E-state index contributed by atoms with van der Waals surface area (Å²) in [6, 6.07) is 18.1. The van der Waals surface area contributed by atoms with E-state index in [0.29, 0.717) is 0 Å². The predicted molar refractivity (Wildman–Crippen MR) is 74.8 cm³/mol. The molecular formula is C15H18N2Ru. The molecule has 18 heavy (non-hydrogen) atoms. The van der Waals surface area contributed by atoms with Crippen LogP contribution in [0.15, 0.2) is 60.7 Å². The normalized spacial score (nSPS) is 12.8. The van der Waals surface area contributed by atoms with Crippen LogP contribution in [0.4, 0.5) is 0 Å². The van der Waals surface area contributed by atoms with Crippen LogP contribution in [0.5, 0.6) is 0 Å². The zero-order valence-electron chi connectivity index (χ0n) is 10.3. The minimum absolute atomic E-state index is 0. The minimum atomic E-state index is -0.524. The molecule has 96 valence electrons. The van der Waals surface area contributed by atoms with Gasteiger partial charge in [-0.3, -0.25) is 0 Å². The summed E-state index contributed by atoms with van der Waals surface area (Å²) in [5, 5.41) is 0. The standard InChI is InChI=1S/C14H14N2.CH3.Ru.H/c15-13(11-7-3-1-4-8-11)14(16)12-9-5-2-6-10-12;;;/h1-10,13-16H;1H3;;/q-2;-1;+3;. The first kappa shape index (κ1) is 17.0. The summed E-state index contributed by atoms with van der Waals surface area (Å²) >= 11 is 0. The number of hydrogen-bond acceptors (Lipinski definition) is 0. The average Bonchev–Trinajstić information content (AvgIpc) is 2.39. The fourth-order valence-electron chi connectivity index (χ4n) is 1.71. The quantitative estimate of drug-likeness (QED) is 0.577. The van der Waals surface area contributed by atoms with Crippen molar-refractivity contribution in [2.45, 2.75) is 12.1 Å². The Kier molecular flexibility index (Phi) is 7.69. The van der Waals surface area contributed by atoms with Crippen molar-refractivity contribution in [2.24, 2.45) is 0 Å². The predicted octanol–water partition coefficient (Wildman–Crippen LogP) is 4.75. The molecule has 2 aromatic rings. The van der Waals surface area contributed by atoms with Crippen LogP contribution in [-0.4, -0.2) is 0 Å². The Labute approximate surface area is 122 Å². The van der Waals surface area contributed by atoms with Gasteiger partial charge in [-0.25, -0.2) is 0 Å². The SMILES string of the molecule is [CH3-].[NH-]C(c1ccccc1)C([NH-])c1ccccc1.[RuH+3]. The van der Waals surface area contributed by atoms with Gasteiger partial charge in [0.15, 0.2) is 0 Å². The molecule has 2 aromatic carbocycles. The van der Waals surface area contributed by atoms with Crippen molar-refractivity contribution in [3.63, 3.8) is 0 Å². The third-order valence-electron chi connectivity index (χ3n) is 2.65. The Morgan fingerprint density at radius 2 is 0.889 bits per heavy atom. The zero-order chi connectivity index (χ0) is 11.4. The molecule has 0 aliphatic rings. The molecule has 0 saturated heterocycles. The Bertz CT molecular complexity index is 387. The monoisotopic (exact) mass is 328 g/mol. The molecule has 2 unspecified atom stereocenters. The summed E-state index contributed by atoms with van der Waals surface area (Å²) in [6.45, 7) is 0. The van der Waals surface area contributed by atoms with Crippen molar-refractivity contribution in [3.05, 3.63) is 90.7 Å². The van der Waals surface area contributed by atoms with Crippen LogP contribution in [-0.2, 0) is 19.5 Å². The molecule has 0 heterocycles. The Hall–Kier alpha value is -1.02. The average molecular weight is 327 g/mol. The van der Waals surface area contributed by atoms with E-state index in [1.807, 2.05) is 60.7 Å². The summed E-state index contributed by atoms with van der Waals surface area (Å²) in [6.07, 6.45) is 0. The molecule has 0 amide bonds. The van der Waals surface area contributed by atoms with Crippen LogP contribution in [0.1, 0.15) is 23.2 Å². The van der Waals surface area contributed by atoms with Crippen molar-refractivity contribution < 1.29 is 19.5 Å². The second-order valence-electron chi connectivity index (χ2n) is 3.78. The molecule has 0 spiro atoms. The first-order valence-electron chi connectivity index (χ1n) is 5.31. The van der Waals surface area contributed by atoms with Gasteiger partial charge in [-0.05, 0) is 0 Å². The first-order valence-corrected chi connectivity index (χ1v) is 5.31. The molecule has 2 rings (SSSR count). The van der Waals surface area contributed by atoms with E-state index >= 15 is 0 Å². The van der Waals surface area contributed by atoms with Crippen LogP contribution >= 0.6 is 0 Å². The second kappa shape index (κ2) is 8.15. The van der Waals surface area contributed by atoms with Crippen molar-refractivity contribution >= 4 is 0 Å². The first-order chi connectivity index (χ1) is 7.79. The number of nitrogens with one attached hydrogen (secondary N) is 2. The van der Waals surface area contributed by atoms with Crippen molar-refractivity contribution in [1.29, 1.82) is 0 Å². The van der Waals surface area contributed by atoms with Crippen LogP contribution in [0.25, 0.3) is 11.5 Å². The topological polar surface area (TPSA) is 47.6 Å². The van der Waals surface area contributed by atoms with Gasteiger partial charge in [0.1, 0.15) is 0 Å². The van der Waals surface area contributed by atoms with Crippen molar-refractivity contribution in [2.75, 3.05) is 0 Å². The summed E-state index contributed by atoms with van der Waals surface area (Å²) < 4.78 is 0. The van der Waals surface area contributed by atoms with E-state index < -0.39 is 12.1 Å². The molecule has 3 heteroatoms. The van der Waals surface area contributed by atoms with Gasteiger partial charge in [-0.15, -0.1) is 12.1 Å². The van der Waals surface area contributed by atoms with Crippen LogP contribution in [0.2, 0.25) is 0 Å². The molecule has 2 nitrogen and oxygen atoms in total. The van der Waals surface area contributed by atoms with E-state index in [1.165, 1.54) is 0 Å². The molecular weight excluding hydrogens is 309 g/mol. The Morgan fingerprint density at radius 3 is 1.17 bits per heavy atom. The zero-order valence-corrected chi connectivity index (χ0v) is 12.2. The molecule has 0 aromatic heterocycles. The van der Waals surface area contributed by atoms with Gasteiger partial charge in [-0.1, -0.05) is 71.8 Å². The molecule has 0 bridgehead atoms. The van der Waals surface area contributed by atoms with Crippen molar-refractivity contribution in [1.82, 2.24) is 0 Å². The van der Waals surface area contributed by atoms with Gasteiger partial charge in [0.25, 0.3) is 0 Å². The van der Waals surface area contributed by atoms with Crippen LogP contribution in [0, 0.1) is 7.43 Å². The van der Waals surface area contributed by atoms with E-state index in [9.17, 15) is 0 Å². The Morgan fingerprint density at radius 1 is 0.611 bits per heavy atom. The van der Waals surface area contributed by atoms with E-state index in [2.05, 4.69) is 0 Å². The fraction of sp³-hybridized carbons (Fsp3) is 0.133. The van der Waals surface area contributed by atoms with Gasteiger partial charge < -0.3 is 18.9 Å². The molecule has 0 saturated carbocycles. The van der Waals surface area contributed by atoms with E-state index in [1.54, 1.807) is 0 Å². The maximum absolute atomic E-state index is 8.07. The van der Waals surface area contributed by atoms with Gasteiger partial charge >= 0.3 is 19.5 Å². The van der Waals surface area contributed by atoms with E-state index in [4.69, 9.17) is 11.5 Å². The van der Waals surface area contributed by atoms with Crippen LogP contribution in [0.3, 0.4) is 0 Å². The third-order valence-corrected chi connectivity index (χ3v) is 2.65. The van der Waals surface area contributed by atoms with Gasteiger partial charge in [0.05, 0.1) is 0 Å². The second-order valence-corrected chi connectivity index (χ2v) is 3.78. The number of hydrogen-bond donors (Lipinski definition) is 0. The fourth-order valence-corrected chi connectivity index (χ4v) is 1.71.